The van der Waals surface area contributed by atoms with Crippen LogP contribution < -0.4 is 24.4 Å². The molecule has 0 radical (unpaired) electrons. The molecule has 11 heteroatoms. The molecule has 0 N–H and O–H groups in total. The maximum atomic E-state index is 13.9. The average molecular weight is 676 g/mol. The third-order valence-corrected chi connectivity index (χ3v) is 7.68. The van der Waals surface area contributed by atoms with E-state index in [1.54, 1.807) is 50.3 Å². The molecule has 0 unspecified atom stereocenters. The van der Waals surface area contributed by atoms with Gasteiger partial charge in [0.25, 0.3) is 5.56 Å². The first kappa shape index (κ1) is 28.7. The first-order valence-electron chi connectivity index (χ1n) is 11.8. The lowest BCUT2D eigenvalue weighted by Gasteiger charge is -2.24. The number of ether oxygens (including phenoxy) is 3. The van der Waals surface area contributed by atoms with Crippen molar-refractivity contribution in [3.05, 3.63) is 100 Å². The maximum absolute atomic E-state index is 13.9. The van der Waals surface area contributed by atoms with Gasteiger partial charge in [-0.25, -0.2) is 9.79 Å². The van der Waals surface area contributed by atoms with E-state index in [0.717, 1.165) is 4.47 Å². The van der Waals surface area contributed by atoms with E-state index in [2.05, 4.69) is 43.4 Å². The van der Waals surface area contributed by atoms with Crippen molar-refractivity contribution in [3.8, 4) is 11.5 Å². The van der Waals surface area contributed by atoms with Crippen LogP contribution in [0.25, 0.3) is 6.08 Å². The molecule has 8 nitrogen and oxygen atoms in total. The summed E-state index contributed by atoms with van der Waals surface area (Å²) in [5, 5.41) is 0. The third kappa shape index (κ3) is 6.15. The van der Waals surface area contributed by atoms with Crippen LogP contribution in [0.15, 0.2) is 79.1 Å². The number of aromatic nitrogens is 1. The van der Waals surface area contributed by atoms with E-state index in [0.29, 0.717) is 43.0 Å². The minimum Gasteiger partial charge on any atom is -0.490 e. The van der Waals surface area contributed by atoms with Gasteiger partial charge in [0.15, 0.2) is 10.6 Å². The van der Waals surface area contributed by atoms with Gasteiger partial charge in [0.2, 0.25) is 0 Å². The Morgan fingerprint density at radius 3 is 2.56 bits per heavy atom. The van der Waals surface area contributed by atoms with Crippen molar-refractivity contribution in [2.24, 2.45) is 4.99 Å². The van der Waals surface area contributed by atoms with Gasteiger partial charge >= 0.3 is 11.9 Å². The van der Waals surface area contributed by atoms with Gasteiger partial charge in [-0.05, 0) is 65.7 Å². The quantitative estimate of drug-likeness (QED) is 0.193. The second-order valence-electron chi connectivity index (χ2n) is 8.37. The van der Waals surface area contributed by atoms with Crippen molar-refractivity contribution in [2.75, 3.05) is 13.2 Å². The van der Waals surface area contributed by atoms with Crippen LogP contribution in [0, 0.1) is 0 Å². The van der Waals surface area contributed by atoms with Crippen LogP contribution in [0.4, 0.5) is 0 Å². The molecular weight excluding hydrogens is 652 g/mol. The van der Waals surface area contributed by atoms with Gasteiger partial charge in [-0.3, -0.25) is 14.2 Å². The normalized spacial score (nSPS) is 14.9. The minimum absolute atomic E-state index is 0.178. The van der Waals surface area contributed by atoms with E-state index in [1.165, 1.54) is 22.8 Å². The van der Waals surface area contributed by atoms with E-state index in [1.807, 2.05) is 12.1 Å². The Bertz CT molecular complexity index is 1670. The van der Waals surface area contributed by atoms with E-state index >= 15 is 0 Å². The van der Waals surface area contributed by atoms with Crippen LogP contribution in [0.3, 0.4) is 0 Å². The first-order chi connectivity index (χ1) is 18.6. The van der Waals surface area contributed by atoms with E-state index in [-0.39, 0.29) is 23.5 Å². The second-order valence-corrected chi connectivity index (χ2v) is 11.1. The first-order valence-corrected chi connectivity index (χ1v) is 14.3. The van der Waals surface area contributed by atoms with Crippen LogP contribution in [-0.4, -0.2) is 29.7 Å². The third-order valence-electron chi connectivity index (χ3n) is 5.65. The number of hydrogen-bond donors (Lipinski definition) is 0. The monoisotopic (exact) mass is 674 g/mol. The smallest absolute Gasteiger partial charge is 0.338 e. The standard InChI is InChI=1S/C28H24Br2N2O6S/c1-5-11-37-20-9-7-17(8-10-20)24-23(27(35)36-6-2)15(3)31-28-32(24)26(34)22(39-28)13-18-12-19(29)14-21(30)25(18)38-16(4)33/h5,7-10,12-14,24H,1,6,11H2,2-4H3/b22-13-/t24-/m0/s1. The highest BCUT2D eigenvalue weighted by Gasteiger charge is 2.33. The molecule has 0 aliphatic carbocycles. The zero-order chi connectivity index (χ0) is 28.3. The molecule has 0 saturated heterocycles. The Hall–Kier alpha value is -3.28. The molecule has 39 heavy (non-hydrogen) atoms. The topological polar surface area (TPSA) is 96.2 Å². The molecular formula is C28H24Br2N2O6S. The number of fused-ring (bicyclic) bond motifs is 1. The number of carbonyl (C=O) groups is 2. The van der Waals surface area contributed by atoms with Crippen LogP contribution in [0.5, 0.6) is 11.5 Å². The van der Waals surface area contributed by atoms with Crippen molar-refractivity contribution in [2.45, 2.75) is 26.8 Å². The lowest BCUT2D eigenvalue weighted by Crippen LogP contribution is -2.39. The molecule has 0 amide bonds. The molecule has 0 bridgehead atoms. The molecule has 3 aromatic rings. The molecule has 2 heterocycles. The summed E-state index contributed by atoms with van der Waals surface area (Å²) in [5.41, 5.74) is 1.59. The number of thiazole rings is 1. The highest BCUT2D eigenvalue weighted by Crippen LogP contribution is 2.34. The molecule has 1 aliphatic rings. The van der Waals surface area contributed by atoms with Crippen LogP contribution in [0.2, 0.25) is 0 Å². The lowest BCUT2D eigenvalue weighted by molar-refractivity contribution is -0.139. The molecule has 1 aliphatic heterocycles. The average Bonchev–Trinajstić information content (AvgIpc) is 3.18. The summed E-state index contributed by atoms with van der Waals surface area (Å²) in [4.78, 5) is 43.7. The molecule has 4 rings (SSSR count). The lowest BCUT2D eigenvalue weighted by atomic mass is 9.96. The SMILES string of the molecule is C=CCOc1ccc([C@H]2C(C(=O)OCC)=C(C)N=c3s/c(=C\c4cc(Br)cc(Br)c4OC(C)=O)c(=O)n32)cc1. The number of allylic oxidation sites excluding steroid dienone is 1. The predicted octanol–water partition coefficient (Wildman–Crippen LogP) is 4.81. The number of esters is 2. The molecule has 0 saturated carbocycles. The Morgan fingerprint density at radius 2 is 1.92 bits per heavy atom. The van der Waals surface area contributed by atoms with E-state index in [9.17, 15) is 14.4 Å². The van der Waals surface area contributed by atoms with Crippen molar-refractivity contribution >= 4 is 61.2 Å². The molecule has 2 aromatic carbocycles. The Kier molecular flexibility index (Phi) is 9.04. The van der Waals surface area contributed by atoms with Gasteiger partial charge in [-0.1, -0.05) is 52.1 Å². The van der Waals surface area contributed by atoms with Crippen LogP contribution in [-0.2, 0) is 14.3 Å². The summed E-state index contributed by atoms with van der Waals surface area (Å²) < 4.78 is 19.5. The van der Waals surface area contributed by atoms with Gasteiger partial charge in [0.05, 0.1) is 32.9 Å². The number of hydrogen-bond acceptors (Lipinski definition) is 8. The van der Waals surface area contributed by atoms with Gasteiger partial charge in [0.1, 0.15) is 12.4 Å². The van der Waals surface area contributed by atoms with Gasteiger partial charge in [-0.2, -0.15) is 0 Å². The minimum atomic E-state index is -0.766. The van der Waals surface area contributed by atoms with Crippen molar-refractivity contribution in [3.63, 3.8) is 0 Å². The maximum Gasteiger partial charge on any atom is 0.338 e. The molecule has 1 atom stereocenters. The number of carbonyl (C=O) groups excluding carboxylic acids is 2. The fourth-order valence-corrected chi connectivity index (χ4v) is 6.47. The molecule has 0 spiro atoms. The molecule has 1 aromatic heterocycles. The Balaban J connectivity index is 1.93. The van der Waals surface area contributed by atoms with Gasteiger partial charge < -0.3 is 14.2 Å². The van der Waals surface area contributed by atoms with E-state index < -0.39 is 18.0 Å². The second kappa shape index (κ2) is 12.3. The molecule has 0 fully saturated rings. The zero-order valence-electron chi connectivity index (χ0n) is 21.3. The van der Waals surface area contributed by atoms with E-state index in [4.69, 9.17) is 14.2 Å². The Labute approximate surface area is 245 Å². The summed E-state index contributed by atoms with van der Waals surface area (Å²) in [6.07, 6.45) is 3.29. The largest absolute Gasteiger partial charge is 0.490 e. The fraction of sp³-hybridized carbons (Fsp3) is 0.214. The Morgan fingerprint density at radius 1 is 1.21 bits per heavy atom. The fourth-order valence-electron chi connectivity index (χ4n) is 4.09. The number of benzene rings is 2. The summed E-state index contributed by atoms with van der Waals surface area (Å²) in [6.45, 7) is 8.94. The molecule has 202 valence electrons. The van der Waals surface area contributed by atoms with Crippen LogP contribution in [0.1, 0.15) is 37.9 Å². The summed E-state index contributed by atoms with van der Waals surface area (Å²) in [5.74, 6) is -0.128. The summed E-state index contributed by atoms with van der Waals surface area (Å²) in [6, 6.07) is 9.89. The predicted molar refractivity (Wildman–Crippen MR) is 156 cm³/mol. The summed E-state index contributed by atoms with van der Waals surface area (Å²) in [7, 11) is 0. The van der Waals surface area contributed by atoms with Crippen LogP contribution >= 0.6 is 43.2 Å². The van der Waals surface area contributed by atoms with Crippen molar-refractivity contribution < 1.29 is 23.8 Å². The number of rotatable bonds is 8. The zero-order valence-corrected chi connectivity index (χ0v) is 25.3. The van der Waals surface area contributed by atoms with Crippen molar-refractivity contribution in [1.29, 1.82) is 0 Å². The highest BCUT2D eigenvalue weighted by atomic mass is 79.9. The number of nitrogens with zero attached hydrogens (tertiary/aromatic N) is 2. The highest BCUT2D eigenvalue weighted by molar-refractivity contribution is 9.11. The van der Waals surface area contributed by atoms with Gasteiger partial charge in [-0.15, -0.1) is 0 Å². The van der Waals surface area contributed by atoms with Gasteiger partial charge in [0, 0.05) is 17.0 Å². The number of halogens is 2. The summed E-state index contributed by atoms with van der Waals surface area (Å²) >= 11 is 8.05. The van der Waals surface area contributed by atoms with Crippen molar-refractivity contribution in [1.82, 2.24) is 4.57 Å².